The normalized spacial score (nSPS) is 17.0. The van der Waals surface area contributed by atoms with Gasteiger partial charge in [-0.2, -0.15) is 8.42 Å². The van der Waals surface area contributed by atoms with Crippen molar-refractivity contribution in [2.75, 3.05) is 11.1 Å². The molecule has 6 aromatic carbocycles. The lowest BCUT2D eigenvalue weighted by Crippen LogP contribution is -2.74. The lowest BCUT2D eigenvalue weighted by atomic mass is 9.77. The van der Waals surface area contributed by atoms with Crippen molar-refractivity contribution in [1.29, 1.82) is 0 Å². The Kier molecular flexibility index (Phi) is 14.9. The number of β-lactam (4-membered cyclic amide) rings is 1. The summed E-state index contributed by atoms with van der Waals surface area (Å²) in [4.78, 5) is 52.5. The maximum atomic E-state index is 14.4. The Balaban J connectivity index is 0.893. The number of hydrogen-bond donors (Lipinski definition) is 2. The minimum atomic E-state index is -4.28. The molecule has 1 aromatic heterocycles. The molecule has 72 heavy (non-hydrogen) atoms. The Labute approximate surface area is 423 Å². The van der Waals surface area contributed by atoms with Gasteiger partial charge in [0.05, 0.1) is 5.69 Å². The van der Waals surface area contributed by atoms with Crippen LogP contribution in [0.15, 0.2) is 221 Å². The second-order valence-corrected chi connectivity index (χ2v) is 20.4. The van der Waals surface area contributed by atoms with Gasteiger partial charge in [0.1, 0.15) is 40.6 Å². The molecular weight excluding hydrogens is 971 g/mol. The molecule has 0 saturated carbocycles. The Morgan fingerprint density at radius 1 is 0.792 bits per heavy atom. The smallest absolute Gasteiger partial charge is 0.356 e. The van der Waals surface area contributed by atoms with Crippen LogP contribution < -0.4 is 10.6 Å². The second kappa shape index (κ2) is 21.9. The number of allylic oxidation sites excluding steroid dienone is 1. The number of aryl methyl sites for hydroxylation is 1. The SMILES string of the molecule is Cc1ccc(S(=O)(=O)O/C=C/C2=C(C(=O)OC(c3ccccc3)c3ccccc3)N3C(=O)C(NC(=O)/C=N/O/C=C/c4csc(NC(c5ccccc5)(c5ccccc5)c5ccccc5)n4)C3[S+]([O-])C2)cc1. The summed E-state index contributed by atoms with van der Waals surface area (Å²) in [5.41, 5.74) is 4.67. The number of esters is 1. The maximum absolute atomic E-state index is 14.4. The summed E-state index contributed by atoms with van der Waals surface area (Å²) in [6.07, 6.45) is 4.75. The average molecular weight is 1020 g/mol. The number of nitrogens with one attached hydrogen (secondary N) is 2. The molecule has 9 rings (SSSR count). The van der Waals surface area contributed by atoms with Crippen molar-refractivity contribution in [3.63, 3.8) is 0 Å². The van der Waals surface area contributed by atoms with Crippen molar-refractivity contribution >= 4 is 67.8 Å². The van der Waals surface area contributed by atoms with Crippen LogP contribution in [0.2, 0.25) is 0 Å². The molecule has 0 aliphatic carbocycles. The summed E-state index contributed by atoms with van der Waals surface area (Å²) in [5, 5.41) is 11.3. The van der Waals surface area contributed by atoms with E-state index in [0.29, 0.717) is 22.0 Å². The number of thiazole rings is 1. The third kappa shape index (κ3) is 10.6. The molecule has 0 radical (unpaired) electrons. The highest BCUT2D eigenvalue weighted by molar-refractivity contribution is 7.92. The average Bonchev–Trinajstić information content (AvgIpc) is 3.86. The van der Waals surface area contributed by atoms with Crippen molar-refractivity contribution in [3.05, 3.63) is 250 Å². The van der Waals surface area contributed by atoms with Gasteiger partial charge in [-0.1, -0.05) is 175 Å². The lowest BCUT2D eigenvalue weighted by Gasteiger charge is -2.49. The molecule has 17 heteroatoms. The molecule has 0 bridgehead atoms. The van der Waals surface area contributed by atoms with Crippen LogP contribution in [0.3, 0.4) is 0 Å². The first-order chi connectivity index (χ1) is 35.0. The number of carbonyl (C=O) groups is 3. The van der Waals surface area contributed by atoms with Crippen LogP contribution >= 0.6 is 11.3 Å². The summed E-state index contributed by atoms with van der Waals surface area (Å²) in [6.45, 7) is 1.81. The van der Waals surface area contributed by atoms with Crippen molar-refractivity contribution in [3.8, 4) is 0 Å². The Morgan fingerprint density at radius 2 is 1.33 bits per heavy atom. The predicted octanol–water partition coefficient (Wildman–Crippen LogP) is 8.75. The summed E-state index contributed by atoms with van der Waals surface area (Å²) < 4.78 is 51.2. The van der Waals surface area contributed by atoms with E-state index in [2.05, 4.69) is 52.2 Å². The van der Waals surface area contributed by atoms with Crippen LogP contribution in [0, 0.1) is 6.92 Å². The third-order valence-electron chi connectivity index (χ3n) is 11.8. The van der Waals surface area contributed by atoms with Crippen molar-refractivity contribution < 1.29 is 41.1 Å². The number of hydrogen-bond acceptors (Lipinski definition) is 13. The van der Waals surface area contributed by atoms with Gasteiger partial charge in [0.2, 0.25) is 5.37 Å². The van der Waals surface area contributed by atoms with Gasteiger partial charge in [-0.15, -0.1) is 11.3 Å². The van der Waals surface area contributed by atoms with Gasteiger partial charge in [0.15, 0.2) is 17.3 Å². The Hall–Kier alpha value is -8.09. The monoisotopic (exact) mass is 1020 g/mol. The quantitative estimate of drug-likeness (QED) is 0.0122. The van der Waals surface area contributed by atoms with Crippen LogP contribution in [-0.2, 0) is 55.0 Å². The zero-order valence-corrected chi connectivity index (χ0v) is 40.8. The number of ether oxygens (including phenoxy) is 1. The maximum Gasteiger partial charge on any atom is 0.356 e. The van der Waals surface area contributed by atoms with Gasteiger partial charge in [0, 0.05) is 17.0 Å². The van der Waals surface area contributed by atoms with E-state index >= 15 is 0 Å². The third-order valence-corrected chi connectivity index (χ3v) is 15.4. The van der Waals surface area contributed by atoms with Crippen LogP contribution in [-0.4, -0.2) is 64.0 Å². The second-order valence-electron chi connectivity index (χ2n) is 16.5. The molecule has 7 aromatic rings. The number of fused-ring (bicyclic) bond motifs is 1. The predicted molar refractivity (Wildman–Crippen MR) is 276 cm³/mol. The summed E-state index contributed by atoms with van der Waals surface area (Å²) in [5.74, 6) is -2.87. The largest absolute Gasteiger partial charge is 0.614 e. The number of benzene rings is 6. The summed E-state index contributed by atoms with van der Waals surface area (Å²) in [7, 11) is -4.28. The molecule has 3 heterocycles. The molecule has 1 saturated heterocycles. The summed E-state index contributed by atoms with van der Waals surface area (Å²) in [6, 6.07) is 53.0. The van der Waals surface area contributed by atoms with Crippen molar-refractivity contribution in [2.24, 2.45) is 5.16 Å². The number of nitrogens with zero attached hydrogens (tertiary/aromatic N) is 3. The highest BCUT2D eigenvalue weighted by Gasteiger charge is 2.61. The van der Waals surface area contributed by atoms with Gasteiger partial charge in [-0.05, 0) is 64.1 Å². The van der Waals surface area contributed by atoms with E-state index < -0.39 is 62.1 Å². The molecule has 2 N–H and O–H groups in total. The number of rotatable bonds is 18. The first-order valence-electron chi connectivity index (χ1n) is 22.5. The molecule has 14 nitrogen and oxygen atoms in total. The van der Waals surface area contributed by atoms with Crippen LogP contribution in [0.1, 0.15) is 45.2 Å². The van der Waals surface area contributed by atoms with Gasteiger partial charge in [-0.3, -0.25) is 14.5 Å². The number of oxime groups is 1. The minimum absolute atomic E-state index is 0.0133. The van der Waals surface area contributed by atoms with E-state index in [9.17, 15) is 27.4 Å². The zero-order valence-electron chi connectivity index (χ0n) is 38.4. The van der Waals surface area contributed by atoms with E-state index in [1.54, 1.807) is 66.7 Å². The molecule has 2 aliphatic rings. The first kappa shape index (κ1) is 48.9. The van der Waals surface area contributed by atoms with Crippen LogP contribution in [0.5, 0.6) is 0 Å². The Bertz CT molecular complexity index is 3130. The lowest BCUT2D eigenvalue weighted by molar-refractivity contribution is -0.154. The minimum Gasteiger partial charge on any atom is -0.614 e. The molecule has 0 spiro atoms. The molecule has 2 aliphatic heterocycles. The van der Waals surface area contributed by atoms with Gasteiger partial charge in [0.25, 0.3) is 11.8 Å². The number of carbonyl (C=O) groups excluding carboxylic acids is 3. The molecule has 3 atom stereocenters. The summed E-state index contributed by atoms with van der Waals surface area (Å²) >= 11 is -0.506. The van der Waals surface area contributed by atoms with E-state index in [0.717, 1.165) is 39.6 Å². The highest BCUT2D eigenvalue weighted by Crippen LogP contribution is 2.42. The van der Waals surface area contributed by atoms with E-state index in [4.69, 9.17) is 18.7 Å². The standard InChI is InChI=1S/C55H45N5O9S3/c1-38-27-29-46(30-28-38)72(65,66)68-34-31-41-37-71(64)52-48(51(62)60(52)49(41)53(63)69-50(39-17-7-2-8-18-39)40-19-9-3-10-20-40)58-47(61)35-56-67-33-32-45-36-70-54(57-45)59-55(42-21-11-4-12-22-42,43-23-13-5-14-24-43)44-25-15-6-16-26-44/h2-36,48,50,52H,37H2,1H3,(H,57,59)(H,58,61)/b33-32+,34-31+,56-35+. The highest BCUT2D eigenvalue weighted by atomic mass is 32.2. The molecule has 3 unspecified atom stereocenters. The van der Waals surface area contributed by atoms with E-state index in [1.807, 2.05) is 79.0 Å². The number of aromatic nitrogens is 1. The number of amides is 2. The van der Waals surface area contributed by atoms with Crippen LogP contribution in [0.4, 0.5) is 5.13 Å². The molecule has 1 fully saturated rings. The van der Waals surface area contributed by atoms with E-state index in [-0.39, 0.29) is 21.9 Å². The Morgan fingerprint density at radius 3 is 1.89 bits per heavy atom. The molecular formula is C55H45N5O9S3. The van der Waals surface area contributed by atoms with Crippen molar-refractivity contribution in [2.45, 2.75) is 34.9 Å². The first-order valence-corrected chi connectivity index (χ1v) is 26.2. The van der Waals surface area contributed by atoms with E-state index in [1.165, 1.54) is 35.8 Å². The van der Waals surface area contributed by atoms with Crippen molar-refractivity contribution in [1.82, 2.24) is 15.2 Å². The fourth-order valence-corrected chi connectivity index (χ4v) is 11.5. The fourth-order valence-electron chi connectivity index (χ4n) is 8.38. The van der Waals surface area contributed by atoms with Gasteiger partial charge >= 0.3 is 16.1 Å². The van der Waals surface area contributed by atoms with Gasteiger partial charge in [-0.25, -0.2) is 9.78 Å². The van der Waals surface area contributed by atoms with Crippen LogP contribution in [0.25, 0.3) is 6.08 Å². The molecule has 362 valence electrons. The zero-order chi connectivity index (χ0) is 50.1. The molecule has 2 amide bonds. The number of anilines is 1. The van der Waals surface area contributed by atoms with Gasteiger partial charge < -0.3 is 28.9 Å². The topological polar surface area (TPSA) is 189 Å². The fraction of sp³-hybridized carbons (Fsp3) is 0.109.